The predicted octanol–water partition coefficient (Wildman–Crippen LogP) is 1.16. The summed E-state index contributed by atoms with van der Waals surface area (Å²) in [4.78, 5) is 35.7. The first-order valence-electron chi connectivity index (χ1n) is 8.14. The Kier molecular flexibility index (Phi) is 8.44. The number of esters is 1. The number of Topliss-reactive ketones (excluding diaryl/α,β-unsaturated/α-hetero) is 1. The highest BCUT2D eigenvalue weighted by Crippen LogP contribution is 2.18. The number of carbonyl (C=O) groups is 3. The van der Waals surface area contributed by atoms with Gasteiger partial charge in [-0.05, 0) is 38.0 Å². The Morgan fingerprint density at radius 1 is 1.23 bits per heavy atom. The number of benzene rings is 1. The summed E-state index contributed by atoms with van der Waals surface area (Å²) in [6.45, 7) is 3.32. The Morgan fingerprint density at radius 3 is 2.35 bits per heavy atom. The highest BCUT2D eigenvalue weighted by Gasteiger charge is 2.27. The van der Waals surface area contributed by atoms with Gasteiger partial charge in [-0.15, -0.1) is 0 Å². The third-order valence-electron chi connectivity index (χ3n) is 3.47. The summed E-state index contributed by atoms with van der Waals surface area (Å²) in [6.07, 6.45) is -1.36. The fraction of sp³-hybridized carbons (Fsp3) is 0.444. The van der Waals surface area contributed by atoms with Crippen molar-refractivity contribution in [3.63, 3.8) is 0 Å². The Hall–Kier alpha value is -2.74. The van der Waals surface area contributed by atoms with Crippen LogP contribution in [-0.2, 0) is 19.1 Å². The molecule has 0 radical (unpaired) electrons. The first-order valence-corrected chi connectivity index (χ1v) is 8.14. The lowest BCUT2D eigenvalue weighted by Crippen LogP contribution is -2.44. The van der Waals surface area contributed by atoms with Crippen molar-refractivity contribution in [2.24, 2.45) is 0 Å². The second-order valence-electron chi connectivity index (χ2n) is 5.87. The quantitative estimate of drug-likeness (QED) is 0.422. The first-order chi connectivity index (χ1) is 12.3. The van der Waals surface area contributed by atoms with Gasteiger partial charge in [-0.3, -0.25) is 9.59 Å². The second kappa shape index (κ2) is 10.3. The van der Waals surface area contributed by atoms with E-state index >= 15 is 0 Å². The minimum atomic E-state index is -1.49. The van der Waals surface area contributed by atoms with Crippen molar-refractivity contribution in [3.05, 3.63) is 29.8 Å². The van der Waals surface area contributed by atoms with Crippen LogP contribution in [0, 0.1) is 5.41 Å². The summed E-state index contributed by atoms with van der Waals surface area (Å²) in [5.74, 6) is -1.39. The van der Waals surface area contributed by atoms with Gasteiger partial charge in [-0.1, -0.05) is 12.1 Å². The maximum absolute atomic E-state index is 12.3. The number of rotatable bonds is 10. The minimum Gasteiger partial charge on any atom is -0.497 e. The smallest absolute Gasteiger partial charge is 0.328 e. The van der Waals surface area contributed by atoms with Gasteiger partial charge in [0.1, 0.15) is 11.8 Å². The molecule has 142 valence electrons. The molecule has 0 bridgehead atoms. The Labute approximate surface area is 152 Å². The van der Waals surface area contributed by atoms with Crippen molar-refractivity contribution in [1.29, 1.82) is 5.41 Å². The molecule has 0 saturated carbocycles. The van der Waals surface area contributed by atoms with E-state index in [4.69, 9.17) is 14.9 Å². The number of ether oxygens (including phenoxy) is 2. The maximum atomic E-state index is 12.3. The molecule has 8 nitrogen and oxygen atoms in total. The SMILES string of the molecule is COc1ccc([C@H](O)C(=O)N[C@@H](CCC(=O)C=N)C(=O)OC(C)C)cc1. The van der Waals surface area contributed by atoms with Gasteiger partial charge in [-0.25, -0.2) is 4.79 Å². The van der Waals surface area contributed by atoms with Crippen LogP contribution in [0.3, 0.4) is 0 Å². The maximum Gasteiger partial charge on any atom is 0.328 e. The fourth-order valence-electron chi connectivity index (χ4n) is 2.11. The third-order valence-corrected chi connectivity index (χ3v) is 3.47. The zero-order valence-electron chi connectivity index (χ0n) is 15.0. The van der Waals surface area contributed by atoms with Crippen LogP contribution in [-0.4, -0.2) is 48.2 Å². The van der Waals surface area contributed by atoms with Gasteiger partial charge in [0.25, 0.3) is 5.91 Å². The molecule has 0 aliphatic rings. The zero-order chi connectivity index (χ0) is 19.7. The van der Waals surface area contributed by atoms with Crippen LogP contribution in [0.5, 0.6) is 5.75 Å². The number of aliphatic hydroxyl groups is 1. The van der Waals surface area contributed by atoms with Crippen LogP contribution in [0.2, 0.25) is 0 Å². The molecule has 0 aliphatic carbocycles. The number of hydrogen-bond acceptors (Lipinski definition) is 7. The van der Waals surface area contributed by atoms with Crippen molar-refractivity contribution in [1.82, 2.24) is 5.32 Å². The van der Waals surface area contributed by atoms with E-state index in [1.165, 1.54) is 19.2 Å². The number of carbonyl (C=O) groups excluding carboxylic acids is 3. The van der Waals surface area contributed by atoms with Crippen LogP contribution in [0.25, 0.3) is 0 Å². The standard InChI is InChI=1S/C18H24N2O6/c1-11(2)26-18(24)15(9-6-13(21)10-19)20-17(23)16(22)12-4-7-14(25-3)8-5-12/h4-5,7-8,10-11,15-16,19,22H,6,9H2,1-3H3,(H,20,23)/t15-,16-/m0/s1. The van der Waals surface area contributed by atoms with Gasteiger partial charge in [-0.2, -0.15) is 0 Å². The molecule has 0 saturated heterocycles. The number of amides is 1. The zero-order valence-corrected chi connectivity index (χ0v) is 15.0. The van der Waals surface area contributed by atoms with Crippen molar-refractivity contribution in [3.8, 4) is 5.75 Å². The summed E-state index contributed by atoms with van der Waals surface area (Å²) in [6, 6.07) is 5.16. The van der Waals surface area contributed by atoms with E-state index in [1.54, 1.807) is 26.0 Å². The highest BCUT2D eigenvalue weighted by molar-refractivity contribution is 6.26. The molecule has 3 N–H and O–H groups in total. The van der Waals surface area contributed by atoms with Gasteiger partial charge in [0, 0.05) is 6.42 Å². The molecule has 0 aromatic heterocycles. The molecule has 26 heavy (non-hydrogen) atoms. The fourth-order valence-corrected chi connectivity index (χ4v) is 2.11. The summed E-state index contributed by atoms with van der Waals surface area (Å²) in [5.41, 5.74) is 0.329. The molecular formula is C18H24N2O6. The molecule has 1 amide bonds. The van der Waals surface area contributed by atoms with Crippen molar-refractivity contribution >= 4 is 23.9 Å². The van der Waals surface area contributed by atoms with Gasteiger partial charge in [0.05, 0.1) is 19.4 Å². The molecule has 8 heteroatoms. The average Bonchev–Trinajstić information content (AvgIpc) is 2.63. The topological polar surface area (TPSA) is 126 Å². The average molecular weight is 364 g/mol. The lowest BCUT2D eigenvalue weighted by molar-refractivity contribution is -0.152. The van der Waals surface area contributed by atoms with Gasteiger partial charge >= 0.3 is 5.97 Å². The molecule has 1 aromatic rings. The van der Waals surface area contributed by atoms with E-state index in [0.717, 1.165) is 0 Å². The van der Waals surface area contributed by atoms with E-state index in [9.17, 15) is 19.5 Å². The Morgan fingerprint density at radius 2 is 1.85 bits per heavy atom. The number of nitrogens with one attached hydrogen (secondary N) is 2. The highest BCUT2D eigenvalue weighted by atomic mass is 16.5. The van der Waals surface area contributed by atoms with Crippen molar-refractivity contribution in [2.45, 2.75) is 44.9 Å². The van der Waals surface area contributed by atoms with E-state index < -0.39 is 35.9 Å². The van der Waals surface area contributed by atoms with Gasteiger partial charge in [0.15, 0.2) is 11.9 Å². The Balaban J connectivity index is 2.82. The van der Waals surface area contributed by atoms with E-state index in [0.29, 0.717) is 17.5 Å². The number of ketones is 1. The van der Waals surface area contributed by atoms with E-state index in [2.05, 4.69) is 5.32 Å². The lowest BCUT2D eigenvalue weighted by Gasteiger charge is -2.20. The van der Waals surface area contributed by atoms with Crippen LogP contribution < -0.4 is 10.1 Å². The monoisotopic (exact) mass is 364 g/mol. The van der Waals surface area contributed by atoms with Crippen LogP contribution in [0.4, 0.5) is 0 Å². The minimum absolute atomic E-state index is 0.0269. The molecule has 2 atom stereocenters. The number of hydrogen-bond donors (Lipinski definition) is 3. The summed E-state index contributed by atoms with van der Waals surface area (Å²) >= 11 is 0. The number of methoxy groups -OCH3 is 1. The Bertz CT molecular complexity index is 642. The van der Waals surface area contributed by atoms with Gasteiger partial charge < -0.3 is 25.3 Å². The third kappa shape index (κ3) is 6.64. The normalized spacial score (nSPS) is 12.8. The second-order valence-corrected chi connectivity index (χ2v) is 5.87. The predicted molar refractivity (Wildman–Crippen MR) is 94.1 cm³/mol. The molecule has 0 fully saturated rings. The summed E-state index contributed by atoms with van der Waals surface area (Å²) in [7, 11) is 1.50. The first kappa shape index (κ1) is 21.3. The lowest BCUT2D eigenvalue weighted by atomic mass is 10.1. The van der Waals surface area contributed by atoms with E-state index in [1.807, 2.05) is 0 Å². The molecule has 0 heterocycles. The van der Waals surface area contributed by atoms with Crippen LogP contribution >= 0.6 is 0 Å². The van der Waals surface area contributed by atoms with Crippen molar-refractivity contribution in [2.75, 3.05) is 7.11 Å². The molecule has 1 aromatic carbocycles. The summed E-state index contributed by atoms with van der Waals surface area (Å²) in [5, 5.41) is 19.5. The molecule has 0 spiro atoms. The van der Waals surface area contributed by atoms with Crippen LogP contribution in [0.15, 0.2) is 24.3 Å². The molecule has 1 rings (SSSR count). The van der Waals surface area contributed by atoms with Crippen molar-refractivity contribution < 1.29 is 29.0 Å². The van der Waals surface area contributed by atoms with E-state index in [-0.39, 0.29) is 12.8 Å². The van der Waals surface area contributed by atoms with Gasteiger partial charge in [0.2, 0.25) is 0 Å². The van der Waals surface area contributed by atoms with Crippen LogP contribution in [0.1, 0.15) is 38.4 Å². The molecule has 0 unspecified atom stereocenters. The number of aliphatic hydroxyl groups excluding tert-OH is 1. The molecule has 0 aliphatic heterocycles. The largest absolute Gasteiger partial charge is 0.497 e. The molecular weight excluding hydrogens is 340 g/mol. The summed E-state index contributed by atoms with van der Waals surface area (Å²) < 4.78 is 10.1.